The van der Waals surface area contributed by atoms with Crippen molar-refractivity contribution in [3.63, 3.8) is 0 Å². The fourth-order valence-electron chi connectivity index (χ4n) is 10.5. The Morgan fingerprint density at radius 2 is 1.02 bits per heavy atom. The highest BCUT2D eigenvalue weighted by molar-refractivity contribution is 6.00. The summed E-state index contributed by atoms with van der Waals surface area (Å²) in [4.78, 5) is 2.45. The van der Waals surface area contributed by atoms with E-state index in [1.54, 1.807) is 0 Å². The number of fused-ring (bicyclic) bond motifs is 10. The van der Waals surface area contributed by atoms with Crippen molar-refractivity contribution >= 4 is 22.6 Å². The summed E-state index contributed by atoms with van der Waals surface area (Å²) < 4.78 is 6.68. The van der Waals surface area contributed by atoms with Crippen molar-refractivity contribution in [2.75, 3.05) is 4.90 Å². The van der Waals surface area contributed by atoms with Crippen molar-refractivity contribution in [2.24, 2.45) is 0 Å². The lowest BCUT2D eigenvalue weighted by molar-refractivity contribution is 0.436. The summed E-state index contributed by atoms with van der Waals surface area (Å²) in [5.74, 6) is 1.77. The van der Waals surface area contributed by atoms with Crippen LogP contribution in [-0.4, -0.2) is 0 Å². The lowest BCUT2D eigenvalue weighted by Gasteiger charge is -2.39. The molecule has 280 valence electrons. The molecule has 0 atom stereocenters. The van der Waals surface area contributed by atoms with E-state index in [1.165, 1.54) is 50.1 Å². The maximum atomic E-state index is 6.68. The molecule has 11 rings (SSSR count). The number of benzene rings is 8. The van der Waals surface area contributed by atoms with Crippen LogP contribution in [0.4, 0.5) is 17.1 Å². The van der Waals surface area contributed by atoms with Gasteiger partial charge in [0.05, 0.1) is 16.5 Å². The average Bonchev–Trinajstić information content (AvgIpc) is 3.75. The van der Waals surface area contributed by atoms with Gasteiger partial charge in [-0.3, -0.25) is 0 Å². The molecule has 1 aliphatic heterocycles. The lowest BCUT2D eigenvalue weighted by Crippen LogP contribution is -2.32. The molecule has 0 radical (unpaired) electrons. The third kappa shape index (κ3) is 4.81. The Morgan fingerprint density at radius 3 is 1.64 bits per heavy atom. The van der Waals surface area contributed by atoms with Crippen LogP contribution in [0.3, 0.4) is 0 Å². The van der Waals surface area contributed by atoms with Gasteiger partial charge in [0.1, 0.15) is 11.5 Å². The zero-order chi connectivity index (χ0) is 39.6. The van der Waals surface area contributed by atoms with Crippen LogP contribution < -0.4 is 9.64 Å². The van der Waals surface area contributed by atoms with Gasteiger partial charge in [-0.15, -0.1) is 0 Å². The van der Waals surface area contributed by atoms with Crippen LogP contribution in [0.2, 0.25) is 0 Å². The first-order valence-electron chi connectivity index (χ1n) is 20.4. The second kappa shape index (κ2) is 13.6. The van der Waals surface area contributed by atoms with Gasteiger partial charge < -0.3 is 9.64 Å². The number of hydrogen-bond donors (Lipinski definition) is 0. The van der Waals surface area contributed by atoms with Crippen molar-refractivity contribution < 1.29 is 4.74 Å². The molecule has 0 bridgehead atoms. The van der Waals surface area contributed by atoms with Gasteiger partial charge in [0, 0.05) is 28.1 Å². The first-order chi connectivity index (χ1) is 29.2. The van der Waals surface area contributed by atoms with Crippen LogP contribution >= 0.6 is 0 Å². The topological polar surface area (TPSA) is 12.5 Å². The van der Waals surface area contributed by atoms with Crippen molar-refractivity contribution in [1.29, 1.82) is 0 Å². The fraction of sp³-hybridized carbons (Fsp3) is 0.0526. The Bertz CT molecular complexity index is 2910. The van der Waals surface area contributed by atoms with Crippen LogP contribution in [0, 0.1) is 0 Å². The van der Waals surface area contributed by atoms with E-state index in [1.807, 2.05) is 0 Å². The first-order valence-corrected chi connectivity index (χ1v) is 20.4. The van der Waals surface area contributed by atoms with Crippen LogP contribution in [0.1, 0.15) is 51.4 Å². The van der Waals surface area contributed by atoms with Gasteiger partial charge in [0.2, 0.25) is 0 Å². The fourth-order valence-corrected chi connectivity index (χ4v) is 10.5. The van der Waals surface area contributed by atoms with Crippen molar-refractivity contribution in [1.82, 2.24) is 0 Å². The molecular weight excluding hydrogens is 715 g/mol. The van der Waals surface area contributed by atoms with E-state index < -0.39 is 10.8 Å². The first kappa shape index (κ1) is 34.8. The molecule has 0 unspecified atom stereocenters. The molecule has 2 aliphatic carbocycles. The SMILES string of the molecule is C=CC1=C(/C=C\C)C(c2ccccc2)(c2ccccc2)c2cccc(N(c3ccccc3)c3ccc4c(c3)C3(c5ccccc5Oc5ccccc53)c3ccccc3-4)c21. The smallest absolute Gasteiger partial charge is 0.132 e. The summed E-state index contributed by atoms with van der Waals surface area (Å²) >= 11 is 0. The molecule has 1 heterocycles. The average molecular weight is 756 g/mol. The van der Waals surface area contributed by atoms with Gasteiger partial charge in [0.25, 0.3) is 0 Å². The minimum absolute atomic E-state index is 0.578. The summed E-state index contributed by atoms with van der Waals surface area (Å²) in [5.41, 5.74) is 16.5. The molecule has 8 aromatic carbocycles. The molecule has 1 spiro atoms. The molecule has 59 heavy (non-hydrogen) atoms. The molecule has 0 N–H and O–H groups in total. The van der Waals surface area contributed by atoms with Gasteiger partial charge in [0.15, 0.2) is 0 Å². The summed E-state index contributed by atoms with van der Waals surface area (Å²) in [6.07, 6.45) is 6.53. The van der Waals surface area contributed by atoms with Gasteiger partial charge in [-0.2, -0.15) is 0 Å². The summed E-state index contributed by atoms with van der Waals surface area (Å²) in [7, 11) is 0. The number of nitrogens with zero attached hydrogens (tertiary/aromatic N) is 1. The van der Waals surface area contributed by atoms with E-state index in [2.05, 4.69) is 237 Å². The van der Waals surface area contributed by atoms with Crippen LogP contribution in [0.25, 0.3) is 16.7 Å². The predicted molar refractivity (Wildman–Crippen MR) is 243 cm³/mol. The summed E-state index contributed by atoms with van der Waals surface area (Å²) in [6, 6.07) is 72.7. The summed E-state index contributed by atoms with van der Waals surface area (Å²) in [6.45, 7) is 6.63. The van der Waals surface area contributed by atoms with Gasteiger partial charge in [-0.05, 0) is 99.5 Å². The number of allylic oxidation sites excluding steroid dienone is 5. The van der Waals surface area contributed by atoms with Crippen molar-refractivity contribution in [3.05, 3.63) is 275 Å². The molecule has 8 aromatic rings. The Kier molecular flexibility index (Phi) is 8.03. The van der Waals surface area contributed by atoms with E-state index in [0.717, 1.165) is 45.3 Å². The molecule has 0 fully saturated rings. The third-order valence-electron chi connectivity index (χ3n) is 12.7. The van der Waals surface area contributed by atoms with Crippen molar-refractivity contribution in [3.8, 4) is 22.6 Å². The molecule has 2 nitrogen and oxygen atoms in total. The monoisotopic (exact) mass is 755 g/mol. The number of para-hydroxylation sites is 3. The van der Waals surface area contributed by atoms with Crippen LogP contribution in [-0.2, 0) is 10.8 Å². The van der Waals surface area contributed by atoms with Crippen LogP contribution in [0.5, 0.6) is 11.5 Å². The minimum atomic E-state index is -0.588. The normalized spacial score (nSPS) is 14.9. The second-order valence-corrected chi connectivity index (χ2v) is 15.5. The number of ether oxygens (including phenoxy) is 1. The maximum absolute atomic E-state index is 6.68. The number of hydrogen-bond acceptors (Lipinski definition) is 2. The Balaban J connectivity index is 1.23. The number of anilines is 3. The third-order valence-corrected chi connectivity index (χ3v) is 12.7. The molecule has 3 aliphatic rings. The minimum Gasteiger partial charge on any atom is -0.457 e. The largest absolute Gasteiger partial charge is 0.457 e. The van der Waals surface area contributed by atoms with Crippen LogP contribution in [0.15, 0.2) is 231 Å². The maximum Gasteiger partial charge on any atom is 0.132 e. The number of rotatable bonds is 7. The highest BCUT2D eigenvalue weighted by Gasteiger charge is 2.52. The Morgan fingerprint density at radius 1 is 0.475 bits per heavy atom. The van der Waals surface area contributed by atoms with Gasteiger partial charge >= 0.3 is 0 Å². The molecule has 0 amide bonds. The molecule has 2 heteroatoms. The zero-order valence-corrected chi connectivity index (χ0v) is 32.8. The lowest BCUT2D eigenvalue weighted by atomic mass is 9.66. The Labute approximate surface area is 346 Å². The quantitative estimate of drug-likeness (QED) is 0.161. The molecular formula is C57H41NO. The van der Waals surface area contributed by atoms with E-state index in [-0.39, 0.29) is 0 Å². The van der Waals surface area contributed by atoms with E-state index in [0.29, 0.717) is 0 Å². The molecule has 0 aromatic heterocycles. The second-order valence-electron chi connectivity index (χ2n) is 15.5. The van der Waals surface area contributed by atoms with Gasteiger partial charge in [-0.1, -0.05) is 183 Å². The molecule has 0 saturated carbocycles. The highest BCUT2D eigenvalue weighted by Crippen LogP contribution is 2.63. The van der Waals surface area contributed by atoms with E-state index >= 15 is 0 Å². The molecule has 0 saturated heterocycles. The van der Waals surface area contributed by atoms with E-state index in [4.69, 9.17) is 4.74 Å². The van der Waals surface area contributed by atoms with Gasteiger partial charge in [-0.25, -0.2) is 0 Å². The van der Waals surface area contributed by atoms with E-state index in [9.17, 15) is 0 Å². The summed E-state index contributed by atoms with van der Waals surface area (Å²) in [5, 5.41) is 0. The zero-order valence-electron chi connectivity index (χ0n) is 32.8. The standard InChI is InChI=1S/C57H41NO/c1-3-21-46-43(4-2)55-50(56(46,39-22-8-5-9-23-39)40-24-10-6-11-25-40)32-20-33-52(55)58(41-26-12-7-13-27-41)42-36-37-45-44-28-14-15-29-47(44)57(51(45)38-42)48-30-16-18-34-53(48)59-54-35-19-17-31-49(54)57/h3-38H,2H2,1H3/b21-3-. The van der Waals surface area contributed by atoms with Crippen molar-refractivity contribution in [2.45, 2.75) is 17.8 Å². The highest BCUT2D eigenvalue weighted by atomic mass is 16.5. The Hall–Kier alpha value is -7.42. The predicted octanol–water partition coefficient (Wildman–Crippen LogP) is 14.5.